The first-order chi connectivity index (χ1) is 11.5. The van der Waals surface area contributed by atoms with Crippen molar-refractivity contribution in [1.82, 2.24) is 15.3 Å². The number of hydrogen-bond donors (Lipinski definition) is 2. The summed E-state index contributed by atoms with van der Waals surface area (Å²) >= 11 is 6.14. The summed E-state index contributed by atoms with van der Waals surface area (Å²) in [5, 5.41) is 6.78. The molecular weight excluding hydrogens is 324 g/mol. The van der Waals surface area contributed by atoms with E-state index in [0.29, 0.717) is 28.9 Å². The monoisotopic (exact) mass is 346 g/mol. The normalized spacial score (nSPS) is 10.5. The van der Waals surface area contributed by atoms with Crippen molar-refractivity contribution in [3.05, 3.63) is 46.4 Å². The topological polar surface area (TPSA) is 66.9 Å². The number of carbonyl (C=O) groups is 1. The second-order valence-corrected chi connectivity index (χ2v) is 6.09. The molecule has 0 saturated heterocycles. The summed E-state index contributed by atoms with van der Waals surface area (Å²) in [6, 6.07) is 7.28. The zero-order valence-electron chi connectivity index (χ0n) is 14.3. The first-order valence-electron chi connectivity index (χ1n) is 8.17. The maximum Gasteiger partial charge on any atom is 0.270 e. The Morgan fingerprint density at radius 1 is 1.21 bits per heavy atom. The van der Waals surface area contributed by atoms with Crippen LogP contribution in [-0.2, 0) is 0 Å². The molecule has 0 aliphatic heterocycles. The van der Waals surface area contributed by atoms with Gasteiger partial charge < -0.3 is 10.6 Å². The number of unbranched alkanes of at least 4 members (excludes halogenated alkanes) is 2. The number of nitrogens with zero attached hydrogens (tertiary/aromatic N) is 2. The van der Waals surface area contributed by atoms with Gasteiger partial charge in [-0.2, -0.15) is 0 Å². The lowest BCUT2D eigenvalue weighted by Gasteiger charge is -2.11. The van der Waals surface area contributed by atoms with E-state index < -0.39 is 0 Å². The number of carbonyl (C=O) groups excluding carboxylic acids is 1. The lowest BCUT2D eigenvalue weighted by atomic mass is 10.2. The summed E-state index contributed by atoms with van der Waals surface area (Å²) in [4.78, 5) is 20.8. The fourth-order valence-corrected chi connectivity index (χ4v) is 2.47. The van der Waals surface area contributed by atoms with Crippen LogP contribution in [0.2, 0.25) is 5.02 Å². The number of benzene rings is 1. The molecule has 24 heavy (non-hydrogen) atoms. The molecule has 2 N–H and O–H groups in total. The molecular formula is C18H23ClN4O. The van der Waals surface area contributed by atoms with Crippen LogP contribution in [0, 0.1) is 13.8 Å². The molecule has 0 bridgehead atoms. The van der Waals surface area contributed by atoms with Gasteiger partial charge in [0.1, 0.15) is 17.3 Å². The summed E-state index contributed by atoms with van der Waals surface area (Å²) in [5.41, 5.74) is 2.15. The molecule has 2 rings (SSSR count). The molecule has 1 aromatic carbocycles. The fourth-order valence-electron chi connectivity index (χ4n) is 2.30. The quantitative estimate of drug-likeness (QED) is 0.729. The van der Waals surface area contributed by atoms with Crippen molar-refractivity contribution in [2.24, 2.45) is 0 Å². The predicted molar refractivity (Wildman–Crippen MR) is 98.1 cm³/mol. The highest BCUT2D eigenvalue weighted by molar-refractivity contribution is 6.31. The highest BCUT2D eigenvalue weighted by Crippen LogP contribution is 2.25. The Bertz CT molecular complexity index is 718. The van der Waals surface area contributed by atoms with Gasteiger partial charge >= 0.3 is 0 Å². The van der Waals surface area contributed by atoms with Crippen molar-refractivity contribution in [2.75, 3.05) is 11.9 Å². The number of hydrogen-bond acceptors (Lipinski definition) is 4. The van der Waals surface area contributed by atoms with E-state index >= 15 is 0 Å². The van der Waals surface area contributed by atoms with Crippen LogP contribution in [0.3, 0.4) is 0 Å². The maximum atomic E-state index is 12.2. The van der Waals surface area contributed by atoms with Gasteiger partial charge in [-0.3, -0.25) is 4.79 Å². The molecule has 0 atom stereocenters. The van der Waals surface area contributed by atoms with E-state index in [1.165, 1.54) is 0 Å². The van der Waals surface area contributed by atoms with E-state index in [4.69, 9.17) is 11.6 Å². The minimum absolute atomic E-state index is 0.178. The fraction of sp³-hybridized carbons (Fsp3) is 0.389. The lowest BCUT2D eigenvalue weighted by Crippen LogP contribution is -2.25. The van der Waals surface area contributed by atoms with Gasteiger partial charge in [-0.1, -0.05) is 37.4 Å². The lowest BCUT2D eigenvalue weighted by molar-refractivity contribution is 0.0947. The second-order valence-electron chi connectivity index (χ2n) is 5.69. The summed E-state index contributed by atoms with van der Waals surface area (Å²) in [6.45, 7) is 6.49. The third kappa shape index (κ3) is 4.93. The standard InChI is InChI=1S/C18H23ClN4O/c1-4-5-6-10-20-18(24)16-11-17(22-13(3)21-16)23-15-9-7-8-14(19)12(15)2/h7-9,11H,4-6,10H2,1-3H3,(H,20,24)(H,21,22,23). The number of rotatable bonds is 7. The Balaban J connectivity index is 2.13. The van der Waals surface area contributed by atoms with Gasteiger partial charge in [0.2, 0.25) is 0 Å². The van der Waals surface area contributed by atoms with Crippen LogP contribution < -0.4 is 10.6 Å². The number of nitrogens with one attached hydrogen (secondary N) is 2. The third-order valence-corrected chi connectivity index (χ3v) is 4.08. The van der Waals surface area contributed by atoms with Crippen LogP contribution in [0.1, 0.15) is 48.1 Å². The summed E-state index contributed by atoms with van der Waals surface area (Å²) in [5.74, 6) is 0.937. The molecule has 0 fully saturated rings. The zero-order valence-corrected chi connectivity index (χ0v) is 15.1. The molecule has 128 valence electrons. The molecule has 1 amide bonds. The van der Waals surface area contributed by atoms with Crippen molar-refractivity contribution in [3.8, 4) is 0 Å². The van der Waals surface area contributed by atoms with Crippen molar-refractivity contribution in [1.29, 1.82) is 0 Å². The highest BCUT2D eigenvalue weighted by Gasteiger charge is 2.11. The number of aromatic nitrogens is 2. The number of anilines is 2. The van der Waals surface area contributed by atoms with Gasteiger partial charge in [0.15, 0.2) is 0 Å². The number of halogens is 1. The van der Waals surface area contributed by atoms with E-state index in [-0.39, 0.29) is 5.91 Å². The second kappa shape index (κ2) is 8.64. The number of amides is 1. The van der Waals surface area contributed by atoms with E-state index in [2.05, 4.69) is 27.5 Å². The highest BCUT2D eigenvalue weighted by atomic mass is 35.5. The van der Waals surface area contributed by atoms with E-state index in [0.717, 1.165) is 30.5 Å². The Morgan fingerprint density at radius 2 is 2.00 bits per heavy atom. The van der Waals surface area contributed by atoms with Gasteiger partial charge in [-0.15, -0.1) is 0 Å². The molecule has 0 unspecified atom stereocenters. The van der Waals surface area contributed by atoms with Crippen LogP contribution in [0.4, 0.5) is 11.5 Å². The van der Waals surface area contributed by atoms with Crippen LogP contribution in [0.25, 0.3) is 0 Å². The molecule has 5 nitrogen and oxygen atoms in total. The minimum Gasteiger partial charge on any atom is -0.351 e. The number of aryl methyl sites for hydroxylation is 1. The largest absolute Gasteiger partial charge is 0.351 e. The summed E-state index contributed by atoms with van der Waals surface area (Å²) in [6.07, 6.45) is 3.19. The third-order valence-electron chi connectivity index (χ3n) is 3.67. The Hall–Kier alpha value is -2.14. The average molecular weight is 347 g/mol. The SMILES string of the molecule is CCCCCNC(=O)c1cc(Nc2cccc(Cl)c2C)nc(C)n1. The molecule has 1 heterocycles. The van der Waals surface area contributed by atoms with Gasteiger partial charge in [0.25, 0.3) is 5.91 Å². The molecule has 2 aromatic rings. The molecule has 0 aliphatic carbocycles. The van der Waals surface area contributed by atoms with Crippen LogP contribution in [0.5, 0.6) is 0 Å². The van der Waals surface area contributed by atoms with Gasteiger partial charge in [0, 0.05) is 23.3 Å². The van der Waals surface area contributed by atoms with Crippen LogP contribution >= 0.6 is 11.6 Å². The van der Waals surface area contributed by atoms with E-state index in [1.54, 1.807) is 13.0 Å². The zero-order chi connectivity index (χ0) is 17.5. The molecule has 0 spiro atoms. The molecule has 0 saturated carbocycles. The Kier molecular flexibility index (Phi) is 6.55. The van der Waals surface area contributed by atoms with E-state index in [1.807, 2.05) is 25.1 Å². The molecule has 0 aliphatic rings. The molecule has 6 heteroatoms. The summed E-state index contributed by atoms with van der Waals surface area (Å²) in [7, 11) is 0. The van der Waals surface area contributed by atoms with Crippen molar-refractivity contribution in [3.63, 3.8) is 0 Å². The van der Waals surface area contributed by atoms with Crippen molar-refractivity contribution in [2.45, 2.75) is 40.0 Å². The van der Waals surface area contributed by atoms with Gasteiger partial charge in [0.05, 0.1) is 0 Å². The van der Waals surface area contributed by atoms with Gasteiger partial charge in [-0.25, -0.2) is 9.97 Å². The smallest absolute Gasteiger partial charge is 0.270 e. The van der Waals surface area contributed by atoms with Gasteiger partial charge in [-0.05, 0) is 38.0 Å². The Labute approximate surface area is 147 Å². The summed E-state index contributed by atoms with van der Waals surface area (Å²) < 4.78 is 0. The predicted octanol–water partition coefficient (Wildman–Crippen LogP) is 4.41. The molecule has 0 radical (unpaired) electrons. The van der Waals surface area contributed by atoms with Crippen molar-refractivity contribution < 1.29 is 4.79 Å². The Morgan fingerprint density at radius 3 is 2.75 bits per heavy atom. The van der Waals surface area contributed by atoms with Crippen molar-refractivity contribution >= 4 is 29.0 Å². The first-order valence-corrected chi connectivity index (χ1v) is 8.55. The van der Waals surface area contributed by atoms with Crippen LogP contribution in [0.15, 0.2) is 24.3 Å². The minimum atomic E-state index is -0.178. The van der Waals surface area contributed by atoms with E-state index in [9.17, 15) is 4.79 Å². The average Bonchev–Trinajstić information content (AvgIpc) is 2.55. The molecule has 1 aromatic heterocycles. The maximum absolute atomic E-state index is 12.2. The first kappa shape index (κ1) is 18.2. The van der Waals surface area contributed by atoms with Crippen LogP contribution in [-0.4, -0.2) is 22.4 Å².